The SMILES string of the molecule is CCNC(=NCc1cccc(Br)c1)NCC(C)N1CCOCC1. The highest BCUT2D eigenvalue weighted by Gasteiger charge is 2.16. The first kappa shape index (κ1) is 18.2. The van der Waals surface area contributed by atoms with Gasteiger partial charge in [-0.1, -0.05) is 28.1 Å². The standard InChI is InChI=1S/C17H27BrN4O/c1-3-19-17(21-13-15-5-4-6-16(18)11-15)20-12-14(2)22-7-9-23-10-8-22/h4-6,11,14H,3,7-10,12-13H2,1-2H3,(H2,19,20,21). The number of benzene rings is 1. The smallest absolute Gasteiger partial charge is 0.191 e. The topological polar surface area (TPSA) is 48.9 Å². The Morgan fingerprint density at radius 3 is 2.83 bits per heavy atom. The largest absolute Gasteiger partial charge is 0.379 e. The molecule has 23 heavy (non-hydrogen) atoms. The van der Waals surface area contributed by atoms with E-state index in [9.17, 15) is 0 Å². The van der Waals surface area contributed by atoms with E-state index in [1.807, 2.05) is 12.1 Å². The fourth-order valence-corrected chi connectivity index (χ4v) is 2.99. The summed E-state index contributed by atoms with van der Waals surface area (Å²) >= 11 is 3.50. The van der Waals surface area contributed by atoms with E-state index in [1.165, 1.54) is 5.56 Å². The van der Waals surface area contributed by atoms with Crippen LogP contribution in [-0.4, -0.2) is 56.3 Å². The average Bonchev–Trinajstić information content (AvgIpc) is 2.58. The minimum absolute atomic E-state index is 0.466. The first-order chi connectivity index (χ1) is 11.2. The molecule has 0 saturated carbocycles. The zero-order valence-electron chi connectivity index (χ0n) is 14.0. The Balaban J connectivity index is 1.85. The Kier molecular flexibility index (Phi) is 7.85. The summed E-state index contributed by atoms with van der Waals surface area (Å²) in [5, 5.41) is 6.76. The third-order valence-corrected chi connectivity index (χ3v) is 4.38. The molecule has 0 radical (unpaired) electrons. The lowest BCUT2D eigenvalue weighted by molar-refractivity contribution is 0.0211. The van der Waals surface area contributed by atoms with Crippen LogP contribution in [0, 0.1) is 0 Å². The second-order valence-electron chi connectivity index (χ2n) is 5.70. The molecule has 0 spiro atoms. The molecule has 0 aromatic heterocycles. The summed E-state index contributed by atoms with van der Waals surface area (Å²) in [5.41, 5.74) is 1.19. The number of rotatable bonds is 6. The Morgan fingerprint density at radius 2 is 2.13 bits per heavy atom. The average molecular weight is 383 g/mol. The number of halogens is 1. The molecule has 1 aliphatic rings. The van der Waals surface area contributed by atoms with Crippen LogP contribution < -0.4 is 10.6 Å². The van der Waals surface area contributed by atoms with Crippen molar-refractivity contribution in [3.8, 4) is 0 Å². The van der Waals surface area contributed by atoms with Crippen LogP contribution in [0.15, 0.2) is 33.7 Å². The first-order valence-electron chi connectivity index (χ1n) is 8.27. The molecular formula is C17H27BrN4O. The summed E-state index contributed by atoms with van der Waals surface area (Å²) in [7, 11) is 0. The molecule has 0 amide bonds. The highest BCUT2D eigenvalue weighted by molar-refractivity contribution is 9.10. The van der Waals surface area contributed by atoms with E-state index in [1.54, 1.807) is 0 Å². The van der Waals surface area contributed by atoms with Crippen molar-refractivity contribution in [2.75, 3.05) is 39.4 Å². The number of ether oxygens (including phenoxy) is 1. The van der Waals surface area contributed by atoms with Crippen molar-refractivity contribution in [2.45, 2.75) is 26.4 Å². The zero-order valence-corrected chi connectivity index (χ0v) is 15.6. The number of guanidine groups is 1. The van der Waals surface area contributed by atoms with Crippen molar-refractivity contribution >= 4 is 21.9 Å². The van der Waals surface area contributed by atoms with Crippen molar-refractivity contribution in [1.29, 1.82) is 0 Å². The van der Waals surface area contributed by atoms with E-state index in [0.717, 1.165) is 49.8 Å². The maximum absolute atomic E-state index is 5.41. The molecule has 1 atom stereocenters. The maximum Gasteiger partial charge on any atom is 0.191 e. The van der Waals surface area contributed by atoms with Gasteiger partial charge in [-0.05, 0) is 31.5 Å². The molecule has 1 unspecified atom stereocenters. The molecule has 2 N–H and O–H groups in total. The molecule has 1 aromatic rings. The van der Waals surface area contributed by atoms with Gasteiger partial charge in [-0.3, -0.25) is 4.90 Å². The van der Waals surface area contributed by atoms with Crippen LogP contribution in [0.3, 0.4) is 0 Å². The number of nitrogens with one attached hydrogen (secondary N) is 2. The van der Waals surface area contributed by atoms with Crippen molar-refractivity contribution in [1.82, 2.24) is 15.5 Å². The van der Waals surface area contributed by atoms with Gasteiger partial charge in [-0.25, -0.2) is 4.99 Å². The van der Waals surface area contributed by atoms with E-state index < -0.39 is 0 Å². The number of morpholine rings is 1. The van der Waals surface area contributed by atoms with Crippen LogP contribution >= 0.6 is 15.9 Å². The van der Waals surface area contributed by atoms with Crippen LogP contribution in [0.1, 0.15) is 19.4 Å². The number of aliphatic imine (C=N–C) groups is 1. The summed E-state index contributed by atoms with van der Waals surface area (Å²) in [5.74, 6) is 0.868. The van der Waals surface area contributed by atoms with E-state index in [4.69, 9.17) is 4.74 Å². The molecule has 1 fully saturated rings. The Labute approximate surface area is 147 Å². The minimum Gasteiger partial charge on any atom is -0.379 e. The van der Waals surface area contributed by atoms with Gasteiger partial charge in [0.1, 0.15) is 0 Å². The van der Waals surface area contributed by atoms with Crippen molar-refractivity contribution in [3.63, 3.8) is 0 Å². The van der Waals surface area contributed by atoms with Crippen molar-refractivity contribution in [2.24, 2.45) is 4.99 Å². The van der Waals surface area contributed by atoms with Gasteiger partial charge in [0.25, 0.3) is 0 Å². The highest BCUT2D eigenvalue weighted by Crippen LogP contribution is 2.12. The third kappa shape index (κ3) is 6.49. The molecular weight excluding hydrogens is 356 g/mol. The second kappa shape index (κ2) is 9.90. The fourth-order valence-electron chi connectivity index (χ4n) is 2.54. The van der Waals surface area contributed by atoms with Crippen molar-refractivity contribution < 1.29 is 4.74 Å². The molecule has 5 nitrogen and oxygen atoms in total. The van der Waals surface area contributed by atoms with Crippen LogP contribution in [0.2, 0.25) is 0 Å². The van der Waals surface area contributed by atoms with Gasteiger partial charge in [-0.15, -0.1) is 0 Å². The molecule has 128 valence electrons. The van der Waals surface area contributed by atoms with Crippen LogP contribution in [0.4, 0.5) is 0 Å². The summed E-state index contributed by atoms with van der Waals surface area (Å²) in [4.78, 5) is 7.13. The van der Waals surface area contributed by atoms with E-state index >= 15 is 0 Å². The number of hydrogen-bond donors (Lipinski definition) is 2. The quantitative estimate of drug-likeness (QED) is 0.584. The van der Waals surface area contributed by atoms with Gasteiger partial charge in [0.05, 0.1) is 19.8 Å². The lowest BCUT2D eigenvalue weighted by Gasteiger charge is -2.32. The summed E-state index contributed by atoms with van der Waals surface area (Å²) in [6.07, 6.45) is 0. The molecule has 6 heteroatoms. The van der Waals surface area contributed by atoms with Crippen LogP contribution in [-0.2, 0) is 11.3 Å². The molecule has 0 aliphatic carbocycles. The molecule has 1 aromatic carbocycles. The summed E-state index contributed by atoms with van der Waals surface area (Å²) < 4.78 is 6.50. The van der Waals surface area contributed by atoms with Gasteiger partial charge in [-0.2, -0.15) is 0 Å². The maximum atomic E-state index is 5.41. The fraction of sp³-hybridized carbons (Fsp3) is 0.588. The Morgan fingerprint density at radius 1 is 1.35 bits per heavy atom. The first-order valence-corrected chi connectivity index (χ1v) is 9.06. The number of nitrogens with zero attached hydrogens (tertiary/aromatic N) is 2. The minimum atomic E-state index is 0.466. The summed E-state index contributed by atoms with van der Waals surface area (Å²) in [6.45, 7) is 10.4. The number of hydrogen-bond acceptors (Lipinski definition) is 3. The van der Waals surface area contributed by atoms with E-state index in [-0.39, 0.29) is 0 Å². The van der Waals surface area contributed by atoms with Crippen LogP contribution in [0.25, 0.3) is 0 Å². The predicted molar refractivity (Wildman–Crippen MR) is 98.8 cm³/mol. The Hall–Kier alpha value is -1.11. The van der Waals surface area contributed by atoms with Crippen molar-refractivity contribution in [3.05, 3.63) is 34.3 Å². The predicted octanol–water partition coefficient (Wildman–Crippen LogP) is 2.22. The zero-order chi connectivity index (χ0) is 16.5. The van der Waals surface area contributed by atoms with Crippen LogP contribution in [0.5, 0.6) is 0 Å². The van der Waals surface area contributed by atoms with Gasteiger partial charge in [0, 0.05) is 36.7 Å². The molecule has 0 bridgehead atoms. The van der Waals surface area contributed by atoms with Gasteiger partial charge in [0.15, 0.2) is 5.96 Å². The lowest BCUT2D eigenvalue weighted by Crippen LogP contribution is -2.49. The molecule has 2 rings (SSSR count). The monoisotopic (exact) mass is 382 g/mol. The molecule has 1 aliphatic heterocycles. The lowest BCUT2D eigenvalue weighted by atomic mass is 10.2. The van der Waals surface area contributed by atoms with Gasteiger partial charge < -0.3 is 15.4 Å². The molecule has 1 saturated heterocycles. The highest BCUT2D eigenvalue weighted by atomic mass is 79.9. The van der Waals surface area contributed by atoms with E-state index in [0.29, 0.717) is 12.6 Å². The second-order valence-corrected chi connectivity index (χ2v) is 6.62. The van der Waals surface area contributed by atoms with Gasteiger partial charge >= 0.3 is 0 Å². The molecule has 1 heterocycles. The Bertz CT molecular complexity index is 503. The third-order valence-electron chi connectivity index (χ3n) is 3.89. The summed E-state index contributed by atoms with van der Waals surface area (Å²) in [6, 6.07) is 8.72. The van der Waals surface area contributed by atoms with Gasteiger partial charge in [0.2, 0.25) is 0 Å². The normalized spacial score (nSPS) is 17.8. The van der Waals surface area contributed by atoms with E-state index in [2.05, 4.69) is 62.4 Å².